The molecule has 0 fully saturated rings. The van der Waals surface area contributed by atoms with Crippen LogP contribution in [0.2, 0.25) is 0 Å². The van der Waals surface area contributed by atoms with Gasteiger partial charge in [0.25, 0.3) is 0 Å². The summed E-state index contributed by atoms with van der Waals surface area (Å²) in [7, 11) is 0. The van der Waals surface area contributed by atoms with Crippen LogP contribution < -0.4 is 33.2 Å². The maximum Gasteiger partial charge on any atom is 0.326 e. The van der Waals surface area contributed by atoms with Crippen LogP contribution in [0.4, 0.5) is 0 Å². The minimum Gasteiger partial charge on any atom is -0.480 e. The number of imidazole rings is 1. The first-order chi connectivity index (χ1) is 16.0. The van der Waals surface area contributed by atoms with Gasteiger partial charge in [-0.1, -0.05) is 13.8 Å². The van der Waals surface area contributed by atoms with Crippen molar-refractivity contribution in [1.29, 1.82) is 0 Å². The average Bonchev–Trinajstić information content (AvgIpc) is 3.26. The van der Waals surface area contributed by atoms with Crippen LogP contribution in [-0.2, 0) is 25.6 Å². The van der Waals surface area contributed by atoms with Gasteiger partial charge in [-0.15, -0.1) is 0 Å². The predicted octanol–water partition coefficient (Wildman–Crippen LogP) is -2.45. The topological polar surface area (TPSA) is 244 Å². The lowest BCUT2D eigenvalue weighted by molar-refractivity contribution is -0.141. The summed E-state index contributed by atoms with van der Waals surface area (Å²) in [4.78, 5) is 59.2. The normalized spacial score (nSPS) is 13.4. The van der Waals surface area contributed by atoms with Crippen molar-refractivity contribution in [2.45, 2.75) is 57.7 Å². The number of H-pyrrole nitrogens is 1. The van der Waals surface area contributed by atoms with E-state index < -0.39 is 48.4 Å². The summed E-state index contributed by atoms with van der Waals surface area (Å²) in [6.07, 6.45) is 3.85. The van der Waals surface area contributed by atoms with Crippen molar-refractivity contribution in [2.24, 2.45) is 28.1 Å². The Hall–Kier alpha value is -3.68. The molecule has 0 bridgehead atoms. The minimum absolute atomic E-state index is 0.00770. The second-order valence-corrected chi connectivity index (χ2v) is 8.20. The van der Waals surface area contributed by atoms with Crippen LogP contribution >= 0.6 is 0 Å². The van der Waals surface area contributed by atoms with Crippen LogP contribution in [0.1, 0.15) is 38.8 Å². The summed E-state index contributed by atoms with van der Waals surface area (Å²) in [6.45, 7) is 3.60. The number of hydrogen-bond acceptors (Lipinski definition) is 7. The standard InChI is InChI=1S/C20H35N9O5/c1-11(2)6-13(21)17(31)29-14(4-3-5-25-20(22)23)18(32)26-9-16(30)28-15(19(33)34)7-12-8-24-10-27-12/h8,10-11,13-15H,3-7,9,21H2,1-2H3,(H,24,27)(H,26,32)(H,28,30)(H,29,31)(H,33,34)(H4,22,23,25). The van der Waals surface area contributed by atoms with Gasteiger partial charge >= 0.3 is 5.97 Å². The van der Waals surface area contributed by atoms with E-state index in [-0.39, 0.29) is 31.3 Å². The van der Waals surface area contributed by atoms with E-state index in [1.165, 1.54) is 12.5 Å². The van der Waals surface area contributed by atoms with E-state index in [0.29, 0.717) is 18.5 Å². The Morgan fingerprint density at radius 1 is 1.15 bits per heavy atom. The summed E-state index contributed by atoms with van der Waals surface area (Å²) >= 11 is 0. The second kappa shape index (κ2) is 14.5. The van der Waals surface area contributed by atoms with Gasteiger partial charge in [-0.2, -0.15) is 0 Å². The SMILES string of the molecule is CC(C)CC(N)C(=O)NC(CCCN=C(N)N)C(=O)NCC(=O)NC(Cc1cnc[nH]1)C(=O)O. The first-order valence-electron chi connectivity index (χ1n) is 10.9. The third kappa shape index (κ3) is 11.3. The average molecular weight is 482 g/mol. The number of aliphatic imine (C=N–C) groups is 1. The molecule has 0 saturated heterocycles. The zero-order valence-corrected chi connectivity index (χ0v) is 19.4. The van der Waals surface area contributed by atoms with E-state index in [4.69, 9.17) is 17.2 Å². The molecule has 1 heterocycles. The van der Waals surface area contributed by atoms with Crippen LogP contribution in [0.25, 0.3) is 0 Å². The number of carbonyl (C=O) groups is 4. The van der Waals surface area contributed by atoms with Gasteiger partial charge in [0.1, 0.15) is 12.1 Å². The fraction of sp³-hybridized carbons (Fsp3) is 0.600. The molecule has 0 aliphatic carbocycles. The van der Waals surface area contributed by atoms with Gasteiger partial charge in [0.2, 0.25) is 17.7 Å². The molecule has 3 unspecified atom stereocenters. The first kappa shape index (κ1) is 28.4. The number of aromatic amines is 1. The number of aliphatic carboxylic acids is 1. The highest BCUT2D eigenvalue weighted by Crippen LogP contribution is 2.05. The molecule has 0 saturated carbocycles. The van der Waals surface area contributed by atoms with Crippen molar-refractivity contribution in [3.63, 3.8) is 0 Å². The number of rotatable bonds is 15. The Morgan fingerprint density at radius 2 is 1.85 bits per heavy atom. The van der Waals surface area contributed by atoms with Crippen LogP contribution in [0.15, 0.2) is 17.5 Å². The first-order valence-corrected chi connectivity index (χ1v) is 10.9. The molecule has 14 nitrogen and oxygen atoms in total. The van der Waals surface area contributed by atoms with Crippen LogP contribution in [-0.4, -0.2) is 75.9 Å². The predicted molar refractivity (Wildman–Crippen MR) is 124 cm³/mol. The Kier molecular flexibility index (Phi) is 12.1. The van der Waals surface area contributed by atoms with Crippen molar-refractivity contribution in [2.75, 3.05) is 13.1 Å². The van der Waals surface area contributed by atoms with E-state index in [2.05, 4.69) is 30.9 Å². The van der Waals surface area contributed by atoms with Gasteiger partial charge in [0.05, 0.1) is 18.9 Å². The van der Waals surface area contributed by atoms with Gasteiger partial charge in [-0.05, 0) is 25.2 Å². The number of nitrogens with one attached hydrogen (secondary N) is 4. The zero-order valence-electron chi connectivity index (χ0n) is 19.4. The number of carboxylic acids is 1. The van der Waals surface area contributed by atoms with Crippen molar-refractivity contribution in [1.82, 2.24) is 25.9 Å². The lowest BCUT2D eigenvalue weighted by atomic mass is 10.0. The number of aromatic nitrogens is 2. The van der Waals surface area contributed by atoms with E-state index in [1.54, 1.807) is 0 Å². The zero-order chi connectivity index (χ0) is 25.7. The molecule has 1 rings (SSSR count). The lowest BCUT2D eigenvalue weighted by Crippen LogP contribution is -2.53. The quantitative estimate of drug-likeness (QED) is 0.0751. The summed E-state index contributed by atoms with van der Waals surface area (Å²) in [5, 5.41) is 16.7. The molecule has 0 spiro atoms. The Morgan fingerprint density at radius 3 is 2.41 bits per heavy atom. The molecule has 1 aromatic heterocycles. The molecule has 11 N–H and O–H groups in total. The highest BCUT2D eigenvalue weighted by molar-refractivity contribution is 5.92. The molecule has 0 aliphatic heterocycles. The molecule has 3 amide bonds. The third-order valence-electron chi connectivity index (χ3n) is 4.68. The van der Waals surface area contributed by atoms with E-state index >= 15 is 0 Å². The van der Waals surface area contributed by atoms with Crippen molar-refractivity contribution >= 4 is 29.7 Å². The third-order valence-corrected chi connectivity index (χ3v) is 4.68. The van der Waals surface area contributed by atoms with Gasteiger partial charge in [-0.25, -0.2) is 9.78 Å². The Labute approximate surface area is 197 Å². The summed E-state index contributed by atoms with van der Waals surface area (Å²) in [6, 6.07) is -2.99. The number of hydrogen-bond donors (Lipinski definition) is 8. The molecule has 14 heteroatoms. The molecule has 34 heavy (non-hydrogen) atoms. The van der Waals surface area contributed by atoms with Gasteiger partial charge in [0.15, 0.2) is 5.96 Å². The fourth-order valence-electron chi connectivity index (χ4n) is 3.02. The molecule has 0 radical (unpaired) electrons. The Bertz CT molecular complexity index is 837. The van der Waals surface area contributed by atoms with E-state index in [9.17, 15) is 24.3 Å². The van der Waals surface area contributed by atoms with Crippen LogP contribution in [0, 0.1) is 5.92 Å². The Balaban J connectivity index is 2.69. The maximum atomic E-state index is 12.7. The largest absolute Gasteiger partial charge is 0.480 e. The number of carboxylic acid groups (broad SMARTS) is 1. The van der Waals surface area contributed by atoms with Crippen molar-refractivity contribution in [3.8, 4) is 0 Å². The number of carbonyl (C=O) groups excluding carboxylic acids is 3. The molecule has 0 aromatic carbocycles. The van der Waals surface area contributed by atoms with Gasteiger partial charge in [-0.3, -0.25) is 19.4 Å². The number of nitrogens with zero attached hydrogens (tertiary/aromatic N) is 2. The summed E-state index contributed by atoms with van der Waals surface area (Å²) in [5.41, 5.74) is 17.0. The maximum absolute atomic E-state index is 12.7. The molecular formula is C20H35N9O5. The van der Waals surface area contributed by atoms with Gasteiger partial charge < -0.3 is 43.2 Å². The lowest BCUT2D eigenvalue weighted by Gasteiger charge is -2.21. The van der Waals surface area contributed by atoms with Crippen LogP contribution in [0.3, 0.4) is 0 Å². The monoisotopic (exact) mass is 481 g/mol. The van der Waals surface area contributed by atoms with Crippen molar-refractivity contribution < 1.29 is 24.3 Å². The molecule has 3 atom stereocenters. The van der Waals surface area contributed by atoms with Crippen molar-refractivity contribution in [3.05, 3.63) is 18.2 Å². The smallest absolute Gasteiger partial charge is 0.326 e. The molecule has 190 valence electrons. The fourth-order valence-corrected chi connectivity index (χ4v) is 3.02. The molecule has 0 aliphatic rings. The van der Waals surface area contributed by atoms with Crippen LogP contribution in [0.5, 0.6) is 0 Å². The second-order valence-electron chi connectivity index (χ2n) is 8.20. The summed E-state index contributed by atoms with van der Waals surface area (Å²) < 4.78 is 0. The minimum atomic E-state index is -1.24. The number of nitrogens with two attached hydrogens (primary N) is 3. The number of amides is 3. The van der Waals surface area contributed by atoms with Gasteiger partial charge in [0, 0.05) is 24.9 Å². The number of guanidine groups is 1. The highest BCUT2D eigenvalue weighted by atomic mass is 16.4. The summed E-state index contributed by atoms with van der Waals surface area (Å²) in [5.74, 6) is -2.97. The molecular weight excluding hydrogens is 446 g/mol. The highest BCUT2D eigenvalue weighted by Gasteiger charge is 2.25. The van der Waals surface area contributed by atoms with E-state index in [1.807, 2.05) is 13.8 Å². The molecule has 1 aromatic rings. The van der Waals surface area contributed by atoms with E-state index in [0.717, 1.165) is 0 Å².